The molecule has 0 aliphatic carbocycles. The third-order valence-corrected chi connectivity index (χ3v) is 4.19. The third kappa shape index (κ3) is 9.42. The van der Waals surface area contributed by atoms with Gasteiger partial charge in [-0.05, 0) is 30.3 Å². The number of nitrogens with one attached hydrogen (secondary N) is 4. The van der Waals surface area contributed by atoms with E-state index in [0.29, 0.717) is 11.1 Å². The highest BCUT2D eigenvalue weighted by molar-refractivity contribution is 7.80. The second-order valence-corrected chi connectivity index (χ2v) is 6.91. The van der Waals surface area contributed by atoms with Crippen LogP contribution in [-0.4, -0.2) is 52.1 Å². The van der Waals surface area contributed by atoms with Crippen LogP contribution < -0.4 is 21.3 Å². The predicted octanol–water partition coefficient (Wildman–Crippen LogP) is 1.24. The van der Waals surface area contributed by atoms with Crippen LogP contribution in [0.25, 0.3) is 0 Å². The Hall–Kier alpha value is -2.35. The highest BCUT2D eigenvalue weighted by Gasteiger charge is 2.11. The van der Waals surface area contributed by atoms with Gasteiger partial charge in [-0.25, -0.2) is 4.98 Å². The fourth-order valence-corrected chi connectivity index (χ4v) is 2.74. The van der Waals surface area contributed by atoms with Gasteiger partial charge in [-0.15, -0.1) is 0 Å². The molecule has 4 N–H and O–H groups in total. The summed E-state index contributed by atoms with van der Waals surface area (Å²) in [7, 11) is 0. The second kappa shape index (κ2) is 15.5. The van der Waals surface area contributed by atoms with Crippen LogP contribution >= 0.6 is 50.5 Å². The predicted molar refractivity (Wildman–Crippen MR) is 136 cm³/mol. The van der Waals surface area contributed by atoms with Crippen LogP contribution in [0.3, 0.4) is 0 Å². The van der Waals surface area contributed by atoms with Gasteiger partial charge >= 0.3 is 0 Å². The highest BCUT2D eigenvalue weighted by atomic mass is 32.1. The zero-order chi connectivity index (χ0) is 23.9. The van der Waals surface area contributed by atoms with Crippen molar-refractivity contribution in [3.8, 4) is 0 Å². The Morgan fingerprint density at radius 1 is 0.594 bits per heavy atom. The zero-order valence-electron chi connectivity index (χ0n) is 16.7. The van der Waals surface area contributed by atoms with Gasteiger partial charge in [0, 0.05) is 11.1 Å². The Labute approximate surface area is 207 Å². The number of carbonyl (C=O) groups excluding carboxylic acids is 4. The number of thiol groups is 4. The Balaban J connectivity index is 0.000000320. The maximum Gasteiger partial charge on any atom is 0.270 e. The molecule has 9 nitrogen and oxygen atoms in total. The summed E-state index contributed by atoms with van der Waals surface area (Å²) in [6, 6.07) is 11.1. The first-order chi connectivity index (χ1) is 15.4. The molecule has 1 heterocycles. The van der Waals surface area contributed by atoms with E-state index in [1.165, 1.54) is 18.2 Å². The van der Waals surface area contributed by atoms with Crippen LogP contribution in [0.4, 0.5) is 0 Å². The first-order valence-corrected chi connectivity index (χ1v) is 11.5. The summed E-state index contributed by atoms with van der Waals surface area (Å²) in [5.74, 6) is -0.295. The highest BCUT2D eigenvalue weighted by Crippen LogP contribution is 2.05. The number of pyridine rings is 1. The number of hydrogen-bond donors (Lipinski definition) is 8. The van der Waals surface area contributed by atoms with E-state index in [1.54, 1.807) is 24.3 Å². The summed E-state index contributed by atoms with van der Waals surface area (Å²) in [5, 5.41) is 10.0. The number of hydrogen-bond acceptors (Lipinski definition) is 9. The summed E-state index contributed by atoms with van der Waals surface area (Å²) < 4.78 is 0. The minimum absolute atomic E-state index is 0.181. The molecule has 1 aromatic carbocycles. The first-order valence-electron chi connectivity index (χ1n) is 9.01. The van der Waals surface area contributed by atoms with Crippen LogP contribution in [0.2, 0.25) is 0 Å². The molecule has 0 bridgehead atoms. The molecule has 13 heteroatoms. The zero-order valence-corrected chi connectivity index (χ0v) is 20.3. The topological polar surface area (TPSA) is 129 Å². The van der Waals surface area contributed by atoms with E-state index in [2.05, 4.69) is 76.8 Å². The molecule has 0 fully saturated rings. The van der Waals surface area contributed by atoms with Gasteiger partial charge in [0.25, 0.3) is 23.6 Å². The molecule has 0 aliphatic heterocycles. The molecule has 0 spiro atoms. The minimum atomic E-state index is -0.365. The maximum absolute atomic E-state index is 11.5. The van der Waals surface area contributed by atoms with E-state index in [9.17, 15) is 19.2 Å². The van der Waals surface area contributed by atoms with Crippen molar-refractivity contribution in [3.63, 3.8) is 0 Å². The van der Waals surface area contributed by atoms with Crippen LogP contribution in [-0.2, 0) is 0 Å². The van der Waals surface area contributed by atoms with Gasteiger partial charge in [0.05, 0.1) is 23.5 Å². The monoisotopic (exact) mass is 513 g/mol. The lowest BCUT2D eigenvalue weighted by molar-refractivity contribution is 0.0940. The Bertz CT molecular complexity index is 803. The van der Waals surface area contributed by atoms with E-state index in [4.69, 9.17) is 0 Å². The molecule has 0 atom stereocenters. The summed E-state index contributed by atoms with van der Waals surface area (Å²) in [6.45, 7) is 0. The van der Waals surface area contributed by atoms with Crippen LogP contribution in [0.1, 0.15) is 41.7 Å². The van der Waals surface area contributed by atoms with Gasteiger partial charge in [-0.1, -0.05) is 12.1 Å². The van der Waals surface area contributed by atoms with E-state index >= 15 is 0 Å². The summed E-state index contributed by atoms with van der Waals surface area (Å²) in [5.41, 5.74) is 1.23. The van der Waals surface area contributed by atoms with Crippen molar-refractivity contribution in [1.29, 1.82) is 0 Å². The quantitative estimate of drug-likeness (QED) is 0.199. The number of carbonyl (C=O) groups is 4. The standard InChI is InChI=1S/C10H12N2O2S2.C9H11N3O2S2/c13-9(11-5-15)7-2-1-3-8(4-7)10(14)12-6-16;13-8(10-4-15)6-2-1-3-7(12-6)9(14)11-5-16/h1-4,15-16H,5-6H2,(H,11,13)(H,12,14);1-3,15-16H,4-5H2,(H,10,13)(H,11,14). The third-order valence-electron chi connectivity index (χ3n) is 3.56. The van der Waals surface area contributed by atoms with Crippen LogP contribution in [0, 0.1) is 0 Å². The maximum atomic E-state index is 11.5. The molecule has 0 aliphatic rings. The Kier molecular flexibility index (Phi) is 13.4. The normalized spacial score (nSPS) is 9.62. The van der Waals surface area contributed by atoms with Gasteiger partial charge in [-0.3, -0.25) is 19.2 Å². The van der Waals surface area contributed by atoms with Gasteiger partial charge in [0.2, 0.25) is 0 Å². The smallest absolute Gasteiger partial charge is 0.270 e. The average Bonchev–Trinajstić information content (AvgIpc) is 2.80. The van der Waals surface area contributed by atoms with Crippen molar-refractivity contribution in [1.82, 2.24) is 26.3 Å². The molecule has 0 saturated carbocycles. The number of nitrogens with zero attached hydrogens (tertiary/aromatic N) is 1. The molecule has 0 saturated heterocycles. The summed E-state index contributed by atoms with van der Waals surface area (Å²) >= 11 is 15.5. The van der Waals surface area contributed by atoms with Crippen molar-refractivity contribution in [3.05, 3.63) is 65.0 Å². The molecule has 172 valence electrons. The molecular formula is C19H23N5O4S4. The van der Waals surface area contributed by atoms with E-state index in [1.807, 2.05) is 0 Å². The fraction of sp³-hybridized carbons (Fsp3) is 0.211. The number of rotatable bonds is 8. The van der Waals surface area contributed by atoms with Crippen molar-refractivity contribution >= 4 is 74.1 Å². The number of amides is 4. The summed E-state index contributed by atoms with van der Waals surface area (Å²) in [4.78, 5) is 49.7. The van der Waals surface area contributed by atoms with E-state index in [-0.39, 0.29) is 58.5 Å². The first kappa shape index (κ1) is 27.7. The van der Waals surface area contributed by atoms with Crippen molar-refractivity contribution in [2.75, 3.05) is 23.5 Å². The number of benzene rings is 1. The Morgan fingerprint density at radius 2 is 0.938 bits per heavy atom. The van der Waals surface area contributed by atoms with Crippen LogP contribution in [0.15, 0.2) is 42.5 Å². The summed E-state index contributed by atoms with van der Waals surface area (Å²) in [6.07, 6.45) is 0. The molecule has 2 rings (SSSR count). The largest absolute Gasteiger partial charge is 0.343 e. The molecule has 4 amide bonds. The van der Waals surface area contributed by atoms with E-state index in [0.717, 1.165) is 0 Å². The lowest BCUT2D eigenvalue weighted by Gasteiger charge is -2.05. The molecule has 1 aromatic heterocycles. The fourth-order valence-electron chi connectivity index (χ4n) is 2.16. The lowest BCUT2D eigenvalue weighted by Crippen LogP contribution is -2.26. The SMILES string of the molecule is O=C(NCS)c1cccc(C(=O)NCS)c1.O=C(NCS)c1cccc(C(=O)NCS)n1. The van der Waals surface area contributed by atoms with Crippen LogP contribution in [0.5, 0.6) is 0 Å². The molecule has 2 aromatic rings. The van der Waals surface area contributed by atoms with E-state index < -0.39 is 0 Å². The average molecular weight is 514 g/mol. The van der Waals surface area contributed by atoms with Crippen molar-refractivity contribution < 1.29 is 19.2 Å². The minimum Gasteiger partial charge on any atom is -0.343 e. The van der Waals surface area contributed by atoms with Crippen molar-refractivity contribution in [2.45, 2.75) is 0 Å². The lowest BCUT2D eigenvalue weighted by atomic mass is 10.1. The molecule has 0 unspecified atom stereocenters. The van der Waals surface area contributed by atoms with Gasteiger partial charge in [-0.2, -0.15) is 50.5 Å². The molecular weight excluding hydrogens is 491 g/mol. The van der Waals surface area contributed by atoms with Gasteiger partial charge in [0.15, 0.2) is 0 Å². The van der Waals surface area contributed by atoms with Gasteiger partial charge in [0.1, 0.15) is 11.4 Å². The number of aromatic nitrogens is 1. The molecule has 32 heavy (non-hydrogen) atoms. The molecule has 0 radical (unpaired) electrons. The van der Waals surface area contributed by atoms with Gasteiger partial charge < -0.3 is 21.3 Å². The Morgan fingerprint density at radius 3 is 1.31 bits per heavy atom. The second-order valence-electron chi connectivity index (χ2n) is 5.64. The van der Waals surface area contributed by atoms with Crippen molar-refractivity contribution in [2.24, 2.45) is 0 Å².